The van der Waals surface area contributed by atoms with Gasteiger partial charge < -0.3 is 10.5 Å². The highest BCUT2D eigenvalue weighted by Gasteiger charge is 2.23. The maximum atomic E-state index is 11.2. The Balaban J connectivity index is 1.97. The highest BCUT2D eigenvalue weighted by atomic mass is 16.5. The van der Waals surface area contributed by atoms with E-state index in [1.807, 2.05) is 10.9 Å². The van der Waals surface area contributed by atoms with Crippen LogP contribution in [0.15, 0.2) is 6.20 Å². The van der Waals surface area contributed by atoms with Crippen LogP contribution >= 0.6 is 0 Å². The Bertz CT molecular complexity index is 387. The average Bonchev–Trinajstić information content (AvgIpc) is 3.02. The summed E-state index contributed by atoms with van der Waals surface area (Å²) in [6.45, 7) is 1.29. The van der Waals surface area contributed by atoms with E-state index in [1.54, 1.807) is 0 Å². The molecular formula is C11H18N4O2. The lowest BCUT2D eigenvalue weighted by Crippen LogP contribution is -2.17. The molecule has 1 heterocycles. The minimum absolute atomic E-state index is 0.101. The number of nitrogens with zero attached hydrogens (tertiary/aromatic N) is 3. The molecule has 2 rings (SSSR count). The molecule has 17 heavy (non-hydrogen) atoms. The van der Waals surface area contributed by atoms with Crippen molar-refractivity contribution in [2.45, 2.75) is 31.7 Å². The molecule has 2 N–H and O–H groups in total. The van der Waals surface area contributed by atoms with Gasteiger partial charge in [-0.05, 0) is 18.8 Å². The van der Waals surface area contributed by atoms with Crippen molar-refractivity contribution in [3.8, 4) is 0 Å². The standard InChI is InChI=1S/C11H18N4O2/c1-17-11(16)4-9(5-12)10-7-15(14-13-10)6-8-2-3-8/h7-9H,2-6,12H2,1H3. The molecule has 0 saturated heterocycles. The number of hydrogen-bond donors (Lipinski definition) is 1. The number of carbonyl (C=O) groups excluding carboxylic acids is 1. The zero-order chi connectivity index (χ0) is 12.3. The Morgan fingerprint density at radius 3 is 3.06 bits per heavy atom. The maximum Gasteiger partial charge on any atom is 0.306 e. The molecular weight excluding hydrogens is 220 g/mol. The maximum absolute atomic E-state index is 11.2. The highest BCUT2D eigenvalue weighted by molar-refractivity contribution is 5.70. The third-order valence-electron chi connectivity index (χ3n) is 3.04. The Morgan fingerprint density at radius 2 is 2.47 bits per heavy atom. The summed E-state index contributed by atoms with van der Waals surface area (Å²) in [6, 6.07) is 0. The van der Waals surface area contributed by atoms with Gasteiger partial charge in [0, 0.05) is 25.2 Å². The van der Waals surface area contributed by atoms with Gasteiger partial charge in [-0.2, -0.15) is 0 Å². The topological polar surface area (TPSA) is 83.0 Å². The molecule has 1 aliphatic carbocycles. The lowest BCUT2D eigenvalue weighted by Gasteiger charge is -2.09. The summed E-state index contributed by atoms with van der Waals surface area (Å²) in [6.07, 6.45) is 4.70. The summed E-state index contributed by atoms with van der Waals surface area (Å²) in [5.74, 6) is 0.383. The van der Waals surface area contributed by atoms with E-state index in [2.05, 4.69) is 15.0 Å². The Hall–Kier alpha value is -1.43. The third-order valence-corrected chi connectivity index (χ3v) is 3.04. The number of aromatic nitrogens is 3. The first-order chi connectivity index (χ1) is 8.22. The Labute approximate surface area is 100 Å². The van der Waals surface area contributed by atoms with E-state index in [1.165, 1.54) is 20.0 Å². The molecule has 6 nitrogen and oxygen atoms in total. The largest absolute Gasteiger partial charge is 0.469 e. The van der Waals surface area contributed by atoms with E-state index in [-0.39, 0.29) is 18.3 Å². The van der Waals surface area contributed by atoms with Gasteiger partial charge in [-0.1, -0.05) is 5.21 Å². The Morgan fingerprint density at radius 1 is 1.71 bits per heavy atom. The quantitative estimate of drug-likeness (QED) is 0.720. The zero-order valence-electron chi connectivity index (χ0n) is 10.0. The molecule has 1 unspecified atom stereocenters. The molecule has 0 radical (unpaired) electrons. The molecule has 1 aliphatic rings. The predicted octanol–water partition coefficient (Wildman–Crippen LogP) is 0.293. The number of carbonyl (C=O) groups is 1. The van der Waals surface area contributed by atoms with Crippen LogP contribution in [0.4, 0.5) is 0 Å². The van der Waals surface area contributed by atoms with Crippen LogP contribution in [0.3, 0.4) is 0 Å². The van der Waals surface area contributed by atoms with Crippen LogP contribution in [0.25, 0.3) is 0 Å². The lowest BCUT2D eigenvalue weighted by molar-refractivity contribution is -0.141. The van der Waals surface area contributed by atoms with E-state index in [9.17, 15) is 4.79 Å². The summed E-state index contributed by atoms with van der Waals surface area (Å²) < 4.78 is 6.48. The van der Waals surface area contributed by atoms with Gasteiger partial charge in [0.15, 0.2) is 0 Å². The first-order valence-corrected chi connectivity index (χ1v) is 5.89. The monoisotopic (exact) mass is 238 g/mol. The molecule has 1 aromatic heterocycles. The van der Waals surface area contributed by atoms with E-state index in [0.29, 0.717) is 6.54 Å². The SMILES string of the molecule is COC(=O)CC(CN)c1cn(CC2CC2)nn1. The van der Waals surface area contributed by atoms with Crippen LogP contribution in [0.5, 0.6) is 0 Å². The van der Waals surface area contributed by atoms with Gasteiger partial charge in [0.2, 0.25) is 0 Å². The van der Waals surface area contributed by atoms with Gasteiger partial charge in [-0.15, -0.1) is 5.10 Å². The predicted molar refractivity (Wildman–Crippen MR) is 61.2 cm³/mol. The molecule has 1 atom stereocenters. The molecule has 0 aromatic carbocycles. The summed E-state index contributed by atoms with van der Waals surface area (Å²) in [7, 11) is 1.37. The fourth-order valence-electron chi connectivity index (χ4n) is 1.75. The number of nitrogens with two attached hydrogens (primary N) is 1. The van der Waals surface area contributed by atoms with Crippen molar-refractivity contribution in [1.29, 1.82) is 0 Å². The van der Waals surface area contributed by atoms with Crippen molar-refractivity contribution in [2.75, 3.05) is 13.7 Å². The molecule has 1 fully saturated rings. The van der Waals surface area contributed by atoms with Crippen LogP contribution in [0, 0.1) is 5.92 Å². The molecule has 1 saturated carbocycles. The van der Waals surface area contributed by atoms with E-state index in [4.69, 9.17) is 5.73 Å². The summed E-state index contributed by atoms with van der Waals surface area (Å²) in [5.41, 5.74) is 6.42. The second-order valence-corrected chi connectivity index (χ2v) is 4.52. The van der Waals surface area contributed by atoms with E-state index >= 15 is 0 Å². The average molecular weight is 238 g/mol. The van der Waals surface area contributed by atoms with E-state index in [0.717, 1.165) is 18.2 Å². The van der Waals surface area contributed by atoms with Gasteiger partial charge in [0.1, 0.15) is 0 Å². The summed E-state index contributed by atoms with van der Waals surface area (Å²) in [5, 5.41) is 8.14. The number of hydrogen-bond acceptors (Lipinski definition) is 5. The fraction of sp³-hybridized carbons (Fsp3) is 0.727. The van der Waals surface area contributed by atoms with Crippen LogP contribution < -0.4 is 5.73 Å². The van der Waals surface area contributed by atoms with Crippen LogP contribution in [-0.2, 0) is 16.1 Å². The first-order valence-electron chi connectivity index (χ1n) is 5.89. The third kappa shape index (κ3) is 3.26. The molecule has 0 bridgehead atoms. The first kappa shape index (κ1) is 12.0. The minimum Gasteiger partial charge on any atom is -0.469 e. The molecule has 1 aromatic rings. The number of rotatable bonds is 6. The summed E-state index contributed by atoms with van der Waals surface area (Å²) in [4.78, 5) is 11.2. The smallest absolute Gasteiger partial charge is 0.306 e. The van der Waals surface area contributed by atoms with E-state index < -0.39 is 0 Å². The summed E-state index contributed by atoms with van der Waals surface area (Å²) >= 11 is 0. The molecule has 0 spiro atoms. The van der Waals surface area contributed by atoms with Gasteiger partial charge in [-0.3, -0.25) is 9.48 Å². The molecule has 0 aliphatic heterocycles. The van der Waals surface area contributed by atoms with Gasteiger partial charge >= 0.3 is 5.97 Å². The van der Waals surface area contributed by atoms with Crippen molar-refractivity contribution < 1.29 is 9.53 Å². The molecule has 94 valence electrons. The second kappa shape index (κ2) is 5.27. The minimum atomic E-state index is -0.266. The van der Waals surface area contributed by atoms with Crippen molar-refractivity contribution in [3.63, 3.8) is 0 Å². The zero-order valence-corrected chi connectivity index (χ0v) is 10.0. The van der Waals surface area contributed by atoms with Crippen molar-refractivity contribution in [3.05, 3.63) is 11.9 Å². The van der Waals surface area contributed by atoms with Crippen LogP contribution in [0.1, 0.15) is 30.9 Å². The Kier molecular flexibility index (Phi) is 3.73. The number of esters is 1. The molecule has 6 heteroatoms. The number of methoxy groups -OCH3 is 1. The van der Waals surface area contributed by atoms with Crippen LogP contribution in [-0.4, -0.2) is 34.6 Å². The van der Waals surface area contributed by atoms with Gasteiger partial charge in [0.05, 0.1) is 19.2 Å². The van der Waals surface area contributed by atoms with Crippen LogP contribution in [0.2, 0.25) is 0 Å². The van der Waals surface area contributed by atoms with Gasteiger partial charge in [0.25, 0.3) is 0 Å². The van der Waals surface area contributed by atoms with Crippen molar-refractivity contribution in [1.82, 2.24) is 15.0 Å². The molecule has 0 amide bonds. The highest BCUT2D eigenvalue weighted by Crippen LogP contribution is 2.30. The van der Waals surface area contributed by atoms with Crippen molar-refractivity contribution in [2.24, 2.45) is 11.7 Å². The lowest BCUT2D eigenvalue weighted by atomic mass is 10.0. The van der Waals surface area contributed by atoms with Gasteiger partial charge in [-0.25, -0.2) is 0 Å². The number of ether oxygens (including phenoxy) is 1. The second-order valence-electron chi connectivity index (χ2n) is 4.52. The van der Waals surface area contributed by atoms with Crippen molar-refractivity contribution >= 4 is 5.97 Å². The normalized spacial score (nSPS) is 16.8. The fourth-order valence-corrected chi connectivity index (χ4v) is 1.75.